The average Bonchev–Trinajstić information content (AvgIpc) is 1.59. The molecule has 8 aromatic rings. The van der Waals surface area contributed by atoms with E-state index >= 15 is 0 Å². The molecule has 10 rings (SSSR count). The van der Waals surface area contributed by atoms with Gasteiger partial charge in [0.15, 0.2) is 23.3 Å². The van der Waals surface area contributed by atoms with Gasteiger partial charge in [-0.1, -0.05) is 23.7 Å². The minimum Gasteiger partial charge on any atom is -0.378 e. The number of nitrogens with one attached hydrogen (secondary N) is 9. The molecule has 1 fully saturated rings. The Morgan fingerprint density at radius 1 is 0.504 bits per heavy atom. The largest absolute Gasteiger partial charge is 0.378 e. The predicted molar refractivity (Wildman–Crippen MR) is 449 cm³/mol. The molecule has 1 aromatic carbocycles. The van der Waals surface area contributed by atoms with Crippen LogP contribution in [0.4, 0.5) is 23.0 Å². The molecule has 654 valence electrons. The average molecular weight is 1720 g/mol. The van der Waals surface area contributed by atoms with E-state index in [0.29, 0.717) is 122 Å². The minimum absolute atomic E-state index is 0.00297. The maximum Gasteiger partial charge on any atom is 0.291 e. The van der Waals surface area contributed by atoms with Crippen molar-refractivity contribution >= 4 is 105 Å². The molecule has 1 atom stereocenters. The lowest BCUT2D eigenvalue weighted by molar-refractivity contribution is -0.123. The number of amides is 9. The van der Waals surface area contributed by atoms with Crippen LogP contribution in [0.1, 0.15) is 143 Å². The fraction of sp³-hybridized carbons (Fsp3) is 0.512. The van der Waals surface area contributed by atoms with Gasteiger partial charge < -0.3 is 113 Å². The third-order valence-corrected chi connectivity index (χ3v) is 21.2. The van der Waals surface area contributed by atoms with E-state index in [1.807, 2.05) is 31.2 Å². The van der Waals surface area contributed by atoms with E-state index in [1.54, 1.807) is 63.5 Å². The molecule has 0 saturated heterocycles. The second-order valence-corrected chi connectivity index (χ2v) is 30.5. The van der Waals surface area contributed by atoms with Crippen molar-refractivity contribution in [3.63, 3.8) is 0 Å². The zero-order chi connectivity index (χ0) is 86.3. The molecular formula is C80H109ClN22O17S. The molecule has 0 bridgehead atoms. The normalized spacial score (nSPS) is 14.3. The second kappa shape index (κ2) is 46.8. The molecule has 0 radical (unpaired) electrons. The number of hydrogen-bond donors (Lipinski definition) is 9. The summed E-state index contributed by atoms with van der Waals surface area (Å²) < 4.78 is 54.5. The van der Waals surface area contributed by atoms with Gasteiger partial charge in [0, 0.05) is 158 Å². The molecule has 121 heavy (non-hydrogen) atoms. The molecule has 41 heteroatoms. The SMILES string of the molecule is Cc1sc2c(c1C)C(c1ccc(Cl)cc1)=N[C@@H](CC(=O)NC1CCC(N(C)CCOCCOCCOCCOCCOCCOCCOCCOCCNC(=O)CCNC(=O)c3nc(NC(=O)CCNC(=O)c4cc(NC(=O)c5nc(NC(=O)CCNC(=O)c6cc(NC(=O)c7nccn7C)cn6C)cn5C)cn4C)cn3C)CC1)c1nnc(C)n1-2. The lowest BCUT2D eigenvalue weighted by Gasteiger charge is -2.35. The van der Waals surface area contributed by atoms with Crippen LogP contribution in [0.5, 0.6) is 0 Å². The van der Waals surface area contributed by atoms with Crippen molar-refractivity contribution in [2.75, 3.05) is 167 Å². The molecule has 1 aliphatic carbocycles. The number of nitrogens with zero attached hydrogens (tertiary/aromatic N) is 13. The maximum absolute atomic E-state index is 13.8. The Morgan fingerprint density at radius 2 is 0.975 bits per heavy atom. The number of carbonyl (C=O) groups is 9. The van der Waals surface area contributed by atoms with Gasteiger partial charge in [-0.2, -0.15) is 0 Å². The molecule has 1 aliphatic heterocycles. The number of hydrogen-bond acceptors (Lipinski definition) is 25. The second-order valence-electron chi connectivity index (χ2n) is 28.9. The Hall–Kier alpha value is -10.9. The summed E-state index contributed by atoms with van der Waals surface area (Å²) in [5, 5.41) is 35.3. The number of aliphatic imine (C=N–C) groups is 1. The van der Waals surface area contributed by atoms with Crippen LogP contribution in [0.15, 0.2) is 78.6 Å². The van der Waals surface area contributed by atoms with Crippen molar-refractivity contribution in [1.82, 2.24) is 84.0 Å². The molecule has 9 amide bonds. The Balaban J connectivity index is 0.463. The summed E-state index contributed by atoms with van der Waals surface area (Å²) in [5.41, 5.74) is 5.01. The number of thiophene rings is 1. The van der Waals surface area contributed by atoms with Crippen molar-refractivity contribution in [3.8, 4) is 5.00 Å². The number of imidazole rings is 3. The van der Waals surface area contributed by atoms with E-state index in [9.17, 15) is 43.2 Å². The van der Waals surface area contributed by atoms with Crippen LogP contribution in [-0.2, 0) is 92.3 Å². The highest BCUT2D eigenvalue weighted by molar-refractivity contribution is 7.15. The Bertz CT molecular complexity index is 4840. The molecule has 2 aliphatic rings. The minimum atomic E-state index is -0.639. The third-order valence-electron chi connectivity index (χ3n) is 19.8. The van der Waals surface area contributed by atoms with Crippen LogP contribution in [0.2, 0.25) is 5.02 Å². The molecule has 1 saturated carbocycles. The lowest BCUT2D eigenvalue weighted by atomic mass is 9.90. The van der Waals surface area contributed by atoms with Crippen molar-refractivity contribution < 1.29 is 81.0 Å². The number of fused-ring (bicyclic) bond motifs is 3. The van der Waals surface area contributed by atoms with Gasteiger partial charge in [-0.05, 0) is 83.3 Å². The molecule has 8 heterocycles. The highest BCUT2D eigenvalue weighted by Crippen LogP contribution is 2.40. The van der Waals surface area contributed by atoms with Crippen LogP contribution >= 0.6 is 22.9 Å². The first kappa shape index (κ1) is 92.4. The summed E-state index contributed by atoms with van der Waals surface area (Å²) in [6, 6.07) is 10.6. The first-order valence-corrected chi connectivity index (χ1v) is 41.3. The molecular weight excluding hydrogens is 1610 g/mol. The van der Waals surface area contributed by atoms with Gasteiger partial charge in [-0.25, -0.2) is 15.0 Å². The summed E-state index contributed by atoms with van der Waals surface area (Å²) in [7, 11) is 10.2. The smallest absolute Gasteiger partial charge is 0.291 e. The van der Waals surface area contributed by atoms with Gasteiger partial charge in [0.1, 0.15) is 28.3 Å². The van der Waals surface area contributed by atoms with Crippen LogP contribution in [-0.4, -0.2) is 274 Å². The van der Waals surface area contributed by atoms with Crippen molar-refractivity contribution in [3.05, 3.63) is 141 Å². The predicted octanol–water partition coefficient (Wildman–Crippen LogP) is 4.52. The summed E-state index contributed by atoms with van der Waals surface area (Å²) >= 11 is 7.98. The number of aryl methyl sites for hydroxylation is 7. The number of rotatable bonds is 50. The molecule has 9 N–H and O–H groups in total. The van der Waals surface area contributed by atoms with E-state index in [4.69, 9.17) is 54.5 Å². The first-order valence-electron chi connectivity index (χ1n) is 40.1. The maximum atomic E-state index is 13.8. The van der Waals surface area contributed by atoms with Gasteiger partial charge in [0.25, 0.3) is 29.5 Å². The van der Waals surface area contributed by atoms with Crippen molar-refractivity contribution in [2.45, 2.75) is 90.3 Å². The summed E-state index contributed by atoms with van der Waals surface area (Å²) in [4.78, 5) is 138. The van der Waals surface area contributed by atoms with Gasteiger partial charge in [0.05, 0.1) is 129 Å². The van der Waals surface area contributed by atoms with E-state index < -0.39 is 47.4 Å². The van der Waals surface area contributed by atoms with Gasteiger partial charge >= 0.3 is 0 Å². The summed E-state index contributed by atoms with van der Waals surface area (Å²) in [5.74, 6) is -2.25. The number of anilines is 4. The Labute approximate surface area is 709 Å². The number of aromatic nitrogens is 11. The fourth-order valence-electron chi connectivity index (χ4n) is 13.3. The summed E-state index contributed by atoms with van der Waals surface area (Å²) in [6.45, 7) is 13.9. The highest BCUT2D eigenvalue weighted by atomic mass is 35.5. The van der Waals surface area contributed by atoms with E-state index in [-0.39, 0.29) is 123 Å². The Morgan fingerprint density at radius 3 is 1.48 bits per heavy atom. The van der Waals surface area contributed by atoms with Gasteiger partial charge in [0.2, 0.25) is 35.3 Å². The highest BCUT2D eigenvalue weighted by Gasteiger charge is 2.34. The number of likely N-dealkylation sites (N-methyl/N-ethyl adjacent to an activating group) is 1. The van der Waals surface area contributed by atoms with E-state index in [2.05, 4.69) is 103 Å². The standard InChI is InChI=1S/C80H109ClN22O17S/c1-51-52(2)121-80-69(51)70(54-10-12-55(81)13-11-54)90-60(71-96-95-53(3)103(71)80)46-68(107)87-56-14-16-59(17-15-56)97(4)27-29-114-31-33-116-35-37-118-39-41-120-43-42-119-40-38-117-36-34-115-32-30-113-28-25-82-65(104)18-21-86-77(110)73-93-63(49-101(73)8)91-66(105)19-22-85-76(109)62-45-58(48-100(62)7)89-79(112)74-94-64(50-102(74)9)92-67(106)20-23-84-75(108)61-44-57(47-99(61)6)88-78(111)72-83-24-26-98(72)5/h10-13,24,26,44-45,47-50,56,59-60H,14-23,25,27-43,46H2,1-9H3,(H,82,104)(H,84,108)(H,85,109)(H,86,110)(H,87,107)(H,88,111)(H,89,112)(H,91,105)(H,92,106)/t56?,59?,60-/m0/s1. The van der Waals surface area contributed by atoms with Gasteiger partial charge in [-0.3, -0.25) is 52.7 Å². The fourth-order valence-corrected chi connectivity index (χ4v) is 14.7. The summed E-state index contributed by atoms with van der Waals surface area (Å²) in [6.07, 6.45) is 12.7. The number of halogens is 1. The van der Waals surface area contributed by atoms with Crippen molar-refractivity contribution in [2.24, 2.45) is 40.2 Å². The van der Waals surface area contributed by atoms with E-state index in [0.717, 1.165) is 65.5 Å². The van der Waals surface area contributed by atoms with Crippen LogP contribution in [0, 0.1) is 20.8 Å². The zero-order valence-corrected chi connectivity index (χ0v) is 71.3. The van der Waals surface area contributed by atoms with Crippen LogP contribution < -0.4 is 47.9 Å². The molecule has 0 spiro atoms. The number of ether oxygens (including phenoxy) is 8. The van der Waals surface area contributed by atoms with Crippen molar-refractivity contribution in [1.29, 1.82) is 0 Å². The third kappa shape index (κ3) is 27.8. The topological polar surface area (TPSA) is 445 Å². The van der Waals surface area contributed by atoms with Crippen LogP contribution in [0.25, 0.3) is 5.00 Å². The lowest BCUT2D eigenvalue weighted by Crippen LogP contribution is -2.43. The first-order chi connectivity index (χ1) is 58.4. The number of benzene rings is 1. The van der Waals surface area contributed by atoms with Crippen LogP contribution in [0.3, 0.4) is 0 Å². The quantitative estimate of drug-likeness (QED) is 0.0237. The van der Waals surface area contributed by atoms with Gasteiger partial charge in [-0.15, -0.1) is 21.5 Å². The molecule has 0 unspecified atom stereocenters. The monoisotopic (exact) mass is 1720 g/mol. The van der Waals surface area contributed by atoms with E-state index in [1.165, 1.54) is 60.1 Å². The Kier molecular flexibility index (Phi) is 35.7. The number of carbonyl (C=O) groups excluding carboxylic acids is 9. The molecule has 7 aromatic heterocycles. The zero-order valence-electron chi connectivity index (χ0n) is 69.7. The molecule has 39 nitrogen and oxygen atoms in total.